The van der Waals surface area contributed by atoms with Crippen molar-refractivity contribution >= 4 is 47.2 Å². The SMILES string of the molecule is COc1ccc(CC[C@@H](OC(=O)[C@@H]2CCCCN2C(=O)Cc2cc(OC)c(OC)c(OC)c2)c2cccc(OCC(=O)NCCCCCCCCNC(=O)Nc3cccc4c3CN(C3CCC(=O)NC3=O)C4=O)c2)cc1OC. The number of urea groups is 1. The van der Waals surface area contributed by atoms with Gasteiger partial charge in [-0.1, -0.05) is 49.9 Å². The van der Waals surface area contributed by atoms with Crippen molar-refractivity contribution in [2.75, 3.05) is 67.1 Å². The first-order valence-corrected chi connectivity index (χ1v) is 26.6. The van der Waals surface area contributed by atoms with Crippen molar-refractivity contribution < 1.29 is 66.7 Å². The fourth-order valence-electron chi connectivity index (χ4n) is 10.1. The lowest BCUT2D eigenvalue weighted by Gasteiger charge is -2.35. The van der Waals surface area contributed by atoms with Crippen LogP contribution in [0.2, 0.25) is 0 Å². The Morgan fingerprint density at radius 2 is 1.41 bits per heavy atom. The number of unbranched alkanes of at least 4 members (excludes halogenated alkanes) is 5. The maximum Gasteiger partial charge on any atom is 0.329 e. The summed E-state index contributed by atoms with van der Waals surface area (Å²) in [5.74, 6) is 0.697. The van der Waals surface area contributed by atoms with Crippen molar-refractivity contribution in [3.8, 4) is 34.5 Å². The van der Waals surface area contributed by atoms with Gasteiger partial charge in [-0.15, -0.1) is 0 Å². The van der Waals surface area contributed by atoms with Crippen molar-refractivity contribution in [3.05, 3.63) is 101 Å². The summed E-state index contributed by atoms with van der Waals surface area (Å²) in [6, 6.07) is 19.4. The van der Waals surface area contributed by atoms with Crippen molar-refractivity contribution in [1.82, 2.24) is 25.8 Å². The van der Waals surface area contributed by atoms with Gasteiger partial charge in [0, 0.05) is 49.4 Å². The third-order valence-corrected chi connectivity index (χ3v) is 14.2. The van der Waals surface area contributed by atoms with Crippen molar-refractivity contribution in [1.29, 1.82) is 0 Å². The molecule has 418 valence electrons. The summed E-state index contributed by atoms with van der Waals surface area (Å²) in [6.45, 7) is 1.30. The summed E-state index contributed by atoms with van der Waals surface area (Å²) in [5, 5.41) is 11.0. The number of hydrogen-bond acceptors (Lipinski definition) is 14. The number of amides is 7. The number of rotatable bonds is 27. The van der Waals surface area contributed by atoms with E-state index in [9.17, 15) is 33.6 Å². The molecule has 4 aromatic carbocycles. The second-order valence-electron chi connectivity index (χ2n) is 19.4. The number of ether oxygens (including phenoxy) is 7. The summed E-state index contributed by atoms with van der Waals surface area (Å²) in [7, 11) is 7.68. The number of piperidine rings is 2. The molecular formula is C58H72N6O14. The Morgan fingerprint density at radius 3 is 2.12 bits per heavy atom. The molecule has 78 heavy (non-hydrogen) atoms. The minimum atomic E-state index is -0.799. The number of imide groups is 1. The lowest BCUT2D eigenvalue weighted by Crippen LogP contribution is -2.52. The van der Waals surface area contributed by atoms with E-state index in [1.807, 2.05) is 24.3 Å². The van der Waals surface area contributed by atoms with Crippen LogP contribution in [0.3, 0.4) is 0 Å². The van der Waals surface area contributed by atoms with Gasteiger partial charge in [0.2, 0.25) is 23.5 Å². The van der Waals surface area contributed by atoms with E-state index in [2.05, 4.69) is 21.3 Å². The van der Waals surface area contributed by atoms with E-state index in [1.165, 1.54) is 26.2 Å². The molecule has 4 N–H and O–H groups in total. The minimum Gasteiger partial charge on any atom is -0.493 e. The Labute approximate surface area is 455 Å². The van der Waals surface area contributed by atoms with Crippen molar-refractivity contribution in [2.45, 2.75) is 115 Å². The van der Waals surface area contributed by atoms with Crippen LogP contribution >= 0.6 is 0 Å². The van der Waals surface area contributed by atoms with Gasteiger partial charge >= 0.3 is 12.0 Å². The number of methoxy groups -OCH3 is 5. The Kier molecular flexibility index (Phi) is 21.0. The second kappa shape index (κ2) is 28.4. The van der Waals surface area contributed by atoms with Gasteiger partial charge in [-0.05, 0) is 117 Å². The predicted octanol–water partition coefficient (Wildman–Crippen LogP) is 6.99. The lowest BCUT2D eigenvalue weighted by molar-refractivity contribution is -0.162. The Bertz CT molecular complexity index is 2760. The van der Waals surface area contributed by atoms with Crippen LogP contribution in [-0.2, 0) is 48.1 Å². The molecule has 0 saturated carbocycles. The molecule has 3 heterocycles. The molecule has 7 amide bonds. The van der Waals surface area contributed by atoms with Crippen LogP contribution in [0.4, 0.5) is 10.5 Å². The van der Waals surface area contributed by atoms with E-state index in [4.69, 9.17) is 33.2 Å². The molecule has 0 radical (unpaired) electrons. The molecule has 2 fully saturated rings. The van der Waals surface area contributed by atoms with Crippen LogP contribution in [0.25, 0.3) is 0 Å². The van der Waals surface area contributed by atoms with Crippen LogP contribution in [0.15, 0.2) is 72.8 Å². The average Bonchev–Trinajstić information content (AvgIpc) is 3.83. The fraction of sp³-hybridized carbons (Fsp3) is 0.466. The minimum absolute atomic E-state index is 0.00455. The molecule has 20 nitrogen and oxygen atoms in total. The molecule has 0 spiro atoms. The molecule has 0 bridgehead atoms. The highest BCUT2D eigenvalue weighted by Crippen LogP contribution is 2.39. The standard InChI is InChI=1S/C58H72N6O14/c1-72-47-25-22-37(30-48(47)73-2)21-24-46(78-57(70)45-20-10-13-29-63(45)53(67)33-38-31-49(74-3)54(76-5)50(32-38)75-4)39-16-14-17-40(34-39)77-36-52(66)59-27-11-8-6-7-9-12-28-60-58(71)61-43-19-15-18-41-42(43)35-64(56(41)69)44-23-26-51(65)62-55(44)68/h14-19,22,25,30-32,34,44-46H,6-13,20-21,23-24,26-29,33,35-36H2,1-5H3,(H,59,66)(H2,60,61,71)(H,62,65,68)/t44?,45-,46+/m0/s1. The number of nitrogens with zero attached hydrogens (tertiary/aromatic N) is 2. The van der Waals surface area contributed by atoms with Gasteiger partial charge in [0.1, 0.15) is 23.9 Å². The normalized spacial score (nSPS) is 16.3. The Hall–Kier alpha value is -8.03. The monoisotopic (exact) mass is 1080 g/mol. The summed E-state index contributed by atoms with van der Waals surface area (Å²) >= 11 is 0. The van der Waals surface area contributed by atoms with Crippen molar-refractivity contribution in [3.63, 3.8) is 0 Å². The van der Waals surface area contributed by atoms with Gasteiger partial charge in [-0.3, -0.25) is 29.3 Å². The molecule has 0 aromatic heterocycles. The molecule has 1 unspecified atom stereocenters. The first-order chi connectivity index (χ1) is 37.8. The predicted molar refractivity (Wildman–Crippen MR) is 288 cm³/mol. The number of hydrogen-bond donors (Lipinski definition) is 4. The maximum absolute atomic E-state index is 14.3. The van der Waals surface area contributed by atoms with Crippen LogP contribution < -0.4 is 49.7 Å². The highest BCUT2D eigenvalue weighted by atomic mass is 16.5. The second-order valence-corrected chi connectivity index (χ2v) is 19.4. The molecule has 4 aromatic rings. The van der Waals surface area contributed by atoms with E-state index in [0.29, 0.717) is 101 Å². The van der Waals surface area contributed by atoms with Crippen LogP contribution in [0.1, 0.15) is 116 Å². The van der Waals surface area contributed by atoms with E-state index in [-0.39, 0.29) is 62.1 Å². The van der Waals surface area contributed by atoms with Gasteiger partial charge in [-0.25, -0.2) is 9.59 Å². The molecule has 20 heteroatoms. The first-order valence-electron chi connectivity index (χ1n) is 26.6. The summed E-state index contributed by atoms with van der Waals surface area (Å²) in [5.41, 5.74) is 3.80. The molecule has 2 saturated heterocycles. The fourth-order valence-corrected chi connectivity index (χ4v) is 10.1. The van der Waals surface area contributed by atoms with Crippen LogP contribution in [-0.4, -0.2) is 125 Å². The number of esters is 1. The summed E-state index contributed by atoms with van der Waals surface area (Å²) in [6.07, 6.45) is 7.83. The van der Waals surface area contributed by atoms with Crippen molar-refractivity contribution in [2.24, 2.45) is 0 Å². The summed E-state index contributed by atoms with van der Waals surface area (Å²) < 4.78 is 39.8. The third kappa shape index (κ3) is 15.1. The zero-order chi connectivity index (χ0) is 55.6. The van der Waals surface area contributed by atoms with Gasteiger partial charge in [-0.2, -0.15) is 0 Å². The quantitative estimate of drug-likeness (QED) is 0.0268. The Balaban J connectivity index is 0.847. The number of carbonyl (C=O) groups excluding carboxylic acids is 7. The molecule has 3 aliphatic rings. The topological polar surface area (TPSA) is 239 Å². The summed E-state index contributed by atoms with van der Waals surface area (Å²) in [4.78, 5) is 94.2. The highest BCUT2D eigenvalue weighted by Gasteiger charge is 2.40. The van der Waals surface area contributed by atoms with Crippen LogP contribution in [0, 0.1) is 0 Å². The molecule has 3 aliphatic heterocycles. The van der Waals surface area contributed by atoms with Gasteiger partial charge in [0.25, 0.3) is 11.8 Å². The van der Waals surface area contributed by atoms with Gasteiger partial charge < -0.3 is 58.9 Å². The van der Waals surface area contributed by atoms with E-state index in [0.717, 1.165) is 56.9 Å². The van der Waals surface area contributed by atoms with Crippen LogP contribution in [0.5, 0.6) is 34.5 Å². The average molecular weight is 1080 g/mol. The van der Waals surface area contributed by atoms with E-state index >= 15 is 0 Å². The maximum atomic E-state index is 14.3. The lowest BCUT2D eigenvalue weighted by atomic mass is 9.99. The zero-order valence-electron chi connectivity index (χ0n) is 45.2. The first kappa shape index (κ1) is 57.7. The molecule has 3 atom stereocenters. The third-order valence-electron chi connectivity index (χ3n) is 14.2. The van der Waals surface area contributed by atoms with E-state index < -0.39 is 30.1 Å². The highest BCUT2D eigenvalue weighted by molar-refractivity contribution is 6.06. The smallest absolute Gasteiger partial charge is 0.329 e. The number of aryl methyl sites for hydroxylation is 1. The number of fused-ring (bicyclic) bond motifs is 1. The Morgan fingerprint density at radius 1 is 0.718 bits per heavy atom. The molecule has 7 rings (SSSR count). The number of benzene rings is 4. The zero-order valence-corrected chi connectivity index (χ0v) is 45.2. The van der Waals surface area contributed by atoms with Gasteiger partial charge in [0.15, 0.2) is 29.6 Å². The number of carbonyl (C=O) groups is 7. The largest absolute Gasteiger partial charge is 0.493 e. The van der Waals surface area contributed by atoms with Gasteiger partial charge in [0.05, 0.1) is 42.0 Å². The number of anilines is 1. The molecule has 0 aliphatic carbocycles. The van der Waals surface area contributed by atoms with E-state index in [1.54, 1.807) is 67.7 Å². The molecular weight excluding hydrogens is 1000 g/mol. The number of likely N-dealkylation sites (tertiary alicyclic amines) is 1. The number of nitrogens with one attached hydrogen (secondary N) is 4.